The third-order valence-corrected chi connectivity index (χ3v) is 39.2. The van der Waals surface area contributed by atoms with E-state index in [0.29, 0.717) is 0 Å². The van der Waals surface area contributed by atoms with E-state index in [-0.39, 0.29) is 16.8 Å². The first-order valence-corrected chi connectivity index (χ1v) is 19.8. The van der Waals surface area contributed by atoms with Gasteiger partial charge >= 0.3 is 8.08 Å². The van der Waals surface area contributed by atoms with Gasteiger partial charge in [0.15, 0.2) is 13.6 Å². The maximum absolute atomic E-state index is 6.90. The largest absolute Gasteiger partial charge is 0.415 e. The summed E-state index contributed by atoms with van der Waals surface area (Å²) in [5.41, 5.74) is -0.712. The van der Waals surface area contributed by atoms with Gasteiger partial charge < -0.3 is 18.0 Å². The van der Waals surface area contributed by atoms with Crippen molar-refractivity contribution in [1.82, 2.24) is 0 Å². The molecule has 4 nitrogen and oxygen atoms in total. The normalized spacial score (nSPS) is 36.2. The van der Waals surface area contributed by atoms with Gasteiger partial charge in [0.1, 0.15) is 7.11 Å². The molecule has 1 saturated heterocycles. The summed E-state index contributed by atoms with van der Waals surface area (Å²) in [6.45, 7) is 30.7. The second-order valence-electron chi connectivity index (χ2n) is 11.9. The Hall–Kier alpha value is 0.491. The van der Waals surface area contributed by atoms with Gasteiger partial charge in [-0.05, 0) is 82.3 Å². The Bertz CT molecular complexity index is 482. The second-order valence-corrected chi connectivity index (χ2v) is 35.3. The maximum atomic E-state index is 6.90. The van der Waals surface area contributed by atoms with Gasteiger partial charge in [-0.1, -0.05) is 13.1 Å². The summed E-state index contributed by atoms with van der Waals surface area (Å²) in [5.74, 6) is -0.667. The van der Waals surface area contributed by atoms with Crippen LogP contribution in [0.5, 0.6) is 0 Å². The van der Waals surface area contributed by atoms with E-state index in [1.807, 2.05) is 0 Å². The molecule has 1 fully saturated rings. The van der Waals surface area contributed by atoms with Gasteiger partial charge in [0.05, 0.1) is 5.60 Å². The van der Waals surface area contributed by atoms with Gasteiger partial charge in [0.25, 0.3) is 0 Å². The topological polar surface area (TPSA) is 36.9 Å². The van der Waals surface area contributed by atoms with Gasteiger partial charge in [-0.2, -0.15) is 0 Å². The molecule has 0 N–H and O–H groups in total. The van der Waals surface area contributed by atoms with Crippen LogP contribution in [0.4, 0.5) is 0 Å². The summed E-state index contributed by atoms with van der Waals surface area (Å²) in [6.07, 6.45) is 0. The quantitative estimate of drug-likeness (QED) is 0.549. The predicted molar refractivity (Wildman–Crippen MR) is 118 cm³/mol. The Morgan fingerprint density at radius 3 is 1.50 bits per heavy atom. The minimum atomic E-state index is -2.52. The molecule has 0 aliphatic carbocycles. The Morgan fingerprint density at radius 2 is 1.15 bits per heavy atom. The van der Waals surface area contributed by atoms with E-state index in [2.05, 4.69) is 95.4 Å². The minimum absolute atomic E-state index is 0.178. The van der Waals surface area contributed by atoms with E-state index in [1.54, 1.807) is 0 Å². The predicted octanol–water partition coefficient (Wildman–Crippen LogP) is 5.69. The van der Waals surface area contributed by atoms with Crippen molar-refractivity contribution < 1.29 is 18.0 Å². The van der Waals surface area contributed by atoms with Crippen molar-refractivity contribution in [3.8, 4) is 0 Å². The second kappa shape index (κ2) is 6.78. The van der Waals surface area contributed by atoms with Crippen LogP contribution in [-0.4, -0.2) is 45.6 Å². The molecule has 0 bridgehead atoms. The van der Waals surface area contributed by atoms with E-state index >= 15 is 0 Å². The third kappa shape index (κ3) is 5.75. The Kier molecular flexibility index (Phi) is 6.40. The van der Waals surface area contributed by atoms with Crippen LogP contribution in [0, 0.1) is 0 Å². The Labute approximate surface area is 165 Å². The van der Waals surface area contributed by atoms with Crippen LogP contribution >= 0.6 is 0 Å². The van der Waals surface area contributed by atoms with Crippen LogP contribution in [0.2, 0.25) is 32.2 Å². The fourth-order valence-corrected chi connectivity index (χ4v) is 32.2. The van der Waals surface area contributed by atoms with Crippen LogP contribution in [-0.2, 0) is 18.0 Å². The highest BCUT2D eigenvalue weighted by atomic mass is 29.7. The molecule has 0 amide bonds. The van der Waals surface area contributed by atoms with Crippen LogP contribution in [0.3, 0.4) is 0 Å². The van der Waals surface area contributed by atoms with Crippen LogP contribution < -0.4 is 0 Å². The summed E-state index contributed by atoms with van der Waals surface area (Å²) in [5, 5.41) is 0. The highest BCUT2D eigenvalue weighted by Gasteiger charge is 2.71. The van der Waals surface area contributed by atoms with Crippen molar-refractivity contribution in [2.45, 2.75) is 124 Å². The molecule has 7 heteroatoms. The lowest BCUT2D eigenvalue weighted by molar-refractivity contribution is -0.228. The molecule has 0 spiro atoms. The van der Waals surface area contributed by atoms with Crippen molar-refractivity contribution >= 4 is 23.0 Å². The lowest BCUT2D eigenvalue weighted by Crippen LogP contribution is -2.83. The van der Waals surface area contributed by atoms with Crippen molar-refractivity contribution in [1.29, 1.82) is 0 Å². The maximum Gasteiger partial charge on any atom is 0.315 e. The molecule has 1 rings (SSSR count). The molecule has 3 unspecified atom stereocenters. The molecule has 26 heavy (non-hydrogen) atoms. The Morgan fingerprint density at radius 1 is 0.731 bits per heavy atom. The van der Waals surface area contributed by atoms with Crippen molar-refractivity contribution in [3.05, 3.63) is 0 Å². The lowest BCUT2D eigenvalue weighted by Gasteiger charge is -2.60. The summed E-state index contributed by atoms with van der Waals surface area (Å²) in [4.78, 5) is 0. The van der Waals surface area contributed by atoms with Gasteiger partial charge in [0, 0.05) is 17.2 Å². The molecule has 1 aliphatic rings. The van der Waals surface area contributed by atoms with Gasteiger partial charge in [-0.25, -0.2) is 0 Å². The Balaban J connectivity index is 3.50. The molecular formula is C19H44O4Si3. The van der Waals surface area contributed by atoms with Crippen molar-refractivity contribution in [2.24, 2.45) is 0 Å². The van der Waals surface area contributed by atoms with Crippen molar-refractivity contribution in [3.63, 3.8) is 0 Å². The highest BCUT2D eigenvalue weighted by molar-refractivity contribution is 7.65. The number of rotatable bonds is 3. The summed E-state index contributed by atoms with van der Waals surface area (Å²) in [6, 6.07) is 0.851. The van der Waals surface area contributed by atoms with E-state index in [1.165, 1.54) is 0 Å². The van der Waals surface area contributed by atoms with E-state index in [4.69, 9.17) is 18.0 Å². The number of hydrogen-bond acceptors (Lipinski definition) is 4. The highest BCUT2D eigenvalue weighted by Crippen LogP contribution is 2.48. The van der Waals surface area contributed by atoms with E-state index in [0.717, 1.165) is 6.04 Å². The summed E-state index contributed by atoms with van der Waals surface area (Å²) in [7, 11) is -6.61. The molecule has 0 saturated carbocycles. The monoisotopic (exact) mass is 420 g/mol. The molecule has 3 atom stereocenters. The molecule has 0 radical (unpaired) electrons. The first-order chi connectivity index (χ1) is 11.0. The number of ether oxygens (including phenoxy) is 1. The molecule has 156 valence electrons. The van der Waals surface area contributed by atoms with E-state index in [9.17, 15) is 0 Å². The first-order valence-electron chi connectivity index (χ1n) is 9.84. The average Bonchev–Trinajstić information content (AvgIpc) is 2.16. The zero-order valence-corrected chi connectivity index (χ0v) is 22.8. The first kappa shape index (κ1) is 24.5. The third-order valence-electron chi connectivity index (χ3n) is 5.08. The molecule has 1 heterocycles. The molecule has 0 aromatic rings. The van der Waals surface area contributed by atoms with Crippen LogP contribution in [0.25, 0.3) is 0 Å². The fourth-order valence-electron chi connectivity index (χ4n) is 4.17. The minimum Gasteiger partial charge on any atom is -0.415 e. The molecule has 1 aliphatic heterocycles. The van der Waals surface area contributed by atoms with Crippen LogP contribution in [0.1, 0.15) is 69.2 Å². The fraction of sp³-hybridized carbons (Fsp3) is 1.00. The average molecular weight is 421 g/mol. The zero-order valence-electron chi connectivity index (χ0n) is 19.8. The SMILES string of the molecule is CC(C)(C)OC1(C)C[Si](C)(OC(C)(C)C)[Si](C)(C)[Si](C)(OC(C)(C)C)O1. The van der Waals surface area contributed by atoms with Crippen LogP contribution in [0.15, 0.2) is 0 Å². The summed E-state index contributed by atoms with van der Waals surface area (Å²) >= 11 is 0. The van der Waals surface area contributed by atoms with Crippen molar-refractivity contribution in [2.75, 3.05) is 0 Å². The lowest BCUT2D eigenvalue weighted by atomic mass is 10.2. The van der Waals surface area contributed by atoms with E-state index < -0.39 is 28.8 Å². The van der Waals surface area contributed by atoms with Gasteiger partial charge in [-0.3, -0.25) is 0 Å². The molecule has 0 aromatic heterocycles. The number of hydrogen-bond donors (Lipinski definition) is 0. The van der Waals surface area contributed by atoms with Gasteiger partial charge in [-0.15, -0.1) is 0 Å². The standard InChI is InChI=1S/C19H44O4Si3/c1-16(2,3)20-19(10)15-25(13,21-17(4,5)6)24(11,12)26(14,23-19)22-18(7,8)9/h15H2,1-14H3. The molecular weight excluding hydrogens is 376 g/mol. The molecule has 0 aromatic carbocycles. The zero-order chi connectivity index (χ0) is 21.0. The van der Waals surface area contributed by atoms with Gasteiger partial charge in [0.2, 0.25) is 0 Å². The smallest absolute Gasteiger partial charge is 0.315 e. The summed E-state index contributed by atoms with van der Waals surface area (Å²) < 4.78 is 27.0.